The molecule has 0 fully saturated rings. The molecule has 0 radical (unpaired) electrons. The smallest absolute Gasteiger partial charge is 0.183 e. The van der Waals surface area contributed by atoms with Crippen LogP contribution in [0.1, 0.15) is 17.3 Å². The van der Waals surface area contributed by atoms with Gasteiger partial charge < -0.3 is 11.1 Å². The Labute approximate surface area is 99.3 Å². The third kappa shape index (κ3) is 2.59. The maximum absolute atomic E-state index is 5.77. The van der Waals surface area contributed by atoms with Crippen molar-refractivity contribution in [2.45, 2.75) is 13.0 Å². The van der Waals surface area contributed by atoms with Crippen molar-refractivity contribution in [3.05, 3.63) is 47.0 Å². The molecule has 1 unspecified atom stereocenters. The Balaban J connectivity index is 2.12. The van der Waals surface area contributed by atoms with Crippen molar-refractivity contribution in [2.24, 2.45) is 5.73 Å². The molecule has 0 amide bonds. The first-order valence-corrected chi connectivity index (χ1v) is 6.11. The molecule has 2 aromatic rings. The van der Waals surface area contributed by atoms with Crippen LogP contribution in [0.3, 0.4) is 0 Å². The number of aromatic nitrogens is 1. The number of thiazole rings is 1. The van der Waals surface area contributed by atoms with E-state index in [4.69, 9.17) is 5.73 Å². The Bertz CT molecular complexity index is 439. The second-order valence-corrected chi connectivity index (χ2v) is 4.50. The summed E-state index contributed by atoms with van der Waals surface area (Å²) < 4.78 is 0. The van der Waals surface area contributed by atoms with Crippen molar-refractivity contribution >= 4 is 16.5 Å². The van der Waals surface area contributed by atoms with Gasteiger partial charge in [-0.25, -0.2) is 4.98 Å². The van der Waals surface area contributed by atoms with E-state index < -0.39 is 0 Å². The summed E-state index contributed by atoms with van der Waals surface area (Å²) in [6.45, 7) is 2.55. The predicted octanol–water partition coefficient (Wildman–Crippen LogP) is 2.56. The first-order chi connectivity index (χ1) is 7.79. The summed E-state index contributed by atoms with van der Waals surface area (Å²) in [6.07, 6.45) is 0. The number of rotatable bonds is 4. The van der Waals surface area contributed by atoms with Crippen LogP contribution in [0.4, 0.5) is 5.13 Å². The predicted molar refractivity (Wildman–Crippen MR) is 68.7 cm³/mol. The lowest BCUT2D eigenvalue weighted by Gasteiger charge is -2.16. The van der Waals surface area contributed by atoms with Crippen LogP contribution >= 0.6 is 11.3 Å². The summed E-state index contributed by atoms with van der Waals surface area (Å²) in [5, 5.41) is 6.30. The highest BCUT2D eigenvalue weighted by atomic mass is 32.1. The van der Waals surface area contributed by atoms with Gasteiger partial charge in [-0.3, -0.25) is 0 Å². The monoisotopic (exact) mass is 233 g/mol. The zero-order valence-electron chi connectivity index (χ0n) is 9.18. The molecule has 16 heavy (non-hydrogen) atoms. The minimum absolute atomic E-state index is 0.131. The van der Waals surface area contributed by atoms with E-state index in [0.29, 0.717) is 6.54 Å². The maximum atomic E-state index is 5.77. The minimum atomic E-state index is 0.131. The van der Waals surface area contributed by atoms with E-state index in [9.17, 15) is 0 Å². The first kappa shape index (κ1) is 11.1. The molecule has 84 valence electrons. The van der Waals surface area contributed by atoms with Crippen LogP contribution in [-0.2, 0) is 0 Å². The van der Waals surface area contributed by atoms with Gasteiger partial charge in [0.2, 0.25) is 0 Å². The number of nitrogens with two attached hydrogens (primary N) is 1. The quantitative estimate of drug-likeness (QED) is 0.853. The zero-order valence-corrected chi connectivity index (χ0v) is 10.00. The fraction of sp³-hybridized carbons (Fsp3) is 0.250. The molecule has 4 heteroatoms. The van der Waals surface area contributed by atoms with Crippen LogP contribution in [0.15, 0.2) is 35.7 Å². The normalized spacial score (nSPS) is 12.4. The van der Waals surface area contributed by atoms with Crippen molar-refractivity contribution in [1.29, 1.82) is 0 Å². The van der Waals surface area contributed by atoms with Crippen LogP contribution in [0.2, 0.25) is 0 Å². The van der Waals surface area contributed by atoms with Gasteiger partial charge >= 0.3 is 0 Å². The van der Waals surface area contributed by atoms with E-state index in [2.05, 4.69) is 22.4 Å². The molecular formula is C12H15N3S. The fourth-order valence-corrected chi connectivity index (χ4v) is 2.27. The molecule has 1 heterocycles. The molecule has 3 nitrogen and oxygen atoms in total. The maximum Gasteiger partial charge on any atom is 0.183 e. The Hall–Kier alpha value is -1.39. The lowest BCUT2D eigenvalue weighted by atomic mass is 10.1. The van der Waals surface area contributed by atoms with E-state index in [1.807, 2.05) is 30.5 Å². The number of nitrogens with one attached hydrogen (secondary N) is 1. The third-order valence-electron chi connectivity index (χ3n) is 2.35. The van der Waals surface area contributed by atoms with Gasteiger partial charge in [-0.15, -0.1) is 11.3 Å². The Morgan fingerprint density at radius 3 is 2.69 bits per heavy atom. The highest BCUT2D eigenvalue weighted by Crippen LogP contribution is 2.21. The Morgan fingerprint density at radius 2 is 2.12 bits per heavy atom. The lowest BCUT2D eigenvalue weighted by Crippen LogP contribution is -2.20. The molecule has 3 N–H and O–H groups in total. The molecule has 0 saturated heterocycles. The number of benzene rings is 1. The highest BCUT2D eigenvalue weighted by molar-refractivity contribution is 7.13. The molecule has 0 aliphatic rings. The van der Waals surface area contributed by atoms with Crippen molar-refractivity contribution in [1.82, 2.24) is 4.98 Å². The standard InChI is InChI=1S/C12H15N3S/c1-9-8-16-12(14-9)15-11(7-13)10-5-3-2-4-6-10/h2-6,8,11H,7,13H2,1H3,(H,14,15). The summed E-state index contributed by atoms with van der Waals surface area (Å²) in [7, 11) is 0. The lowest BCUT2D eigenvalue weighted by molar-refractivity contribution is 0.788. The number of nitrogens with zero attached hydrogens (tertiary/aromatic N) is 1. The first-order valence-electron chi connectivity index (χ1n) is 5.23. The van der Waals surface area contributed by atoms with Gasteiger partial charge in [-0.2, -0.15) is 0 Å². The summed E-state index contributed by atoms with van der Waals surface area (Å²) >= 11 is 1.61. The summed E-state index contributed by atoms with van der Waals surface area (Å²) in [5.41, 5.74) is 8.00. The molecular weight excluding hydrogens is 218 g/mol. The molecule has 1 atom stereocenters. The number of anilines is 1. The van der Waals surface area contributed by atoms with Crippen molar-refractivity contribution in [3.63, 3.8) is 0 Å². The van der Waals surface area contributed by atoms with E-state index in [0.717, 1.165) is 10.8 Å². The van der Waals surface area contributed by atoms with Gasteiger partial charge in [-0.05, 0) is 12.5 Å². The zero-order chi connectivity index (χ0) is 11.4. The number of aryl methyl sites for hydroxylation is 1. The topological polar surface area (TPSA) is 50.9 Å². The number of hydrogen-bond acceptors (Lipinski definition) is 4. The van der Waals surface area contributed by atoms with Crippen LogP contribution in [-0.4, -0.2) is 11.5 Å². The van der Waals surface area contributed by atoms with E-state index >= 15 is 0 Å². The molecule has 0 aliphatic carbocycles. The van der Waals surface area contributed by atoms with E-state index in [1.54, 1.807) is 11.3 Å². The van der Waals surface area contributed by atoms with Crippen LogP contribution < -0.4 is 11.1 Å². The summed E-state index contributed by atoms with van der Waals surface area (Å²) in [6, 6.07) is 10.3. The second-order valence-electron chi connectivity index (χ2n) is 3.64. The minimum Gasteiger partial charge on any atom is -0.353 e. The highest BCUT2D eigenvalue weighted by Gasteiger charge is 2.10. The van der Waals surface area contributed by atoms with Gasteiger partial charge in [0.05, 0.1) is 11.7 Å². The third-order valence-corrected chi connectivity index (χ3v) is 3.25. The molecule has 0 bridgehead atoms. The molecule has 1 aromatic heterocycles. The average molecular weight is 233 g/mol. The van der Waals surface area contributed by atoms with Gasteiger partial charge in [0, 0.05) is 11.9 Å². The molecule has 0 saturated carbocycles. The Morgan fingerprint density at radius 1 is 1.38 bits per heavy atom. The van der Waals surface area contributed by atoms with Gasteiger partial charge in [0.1, 0.15) is 0 Å². The van der Waals surface area contributed by atoms with Crippen molar-refractivity contribution in [3.8, 4) is 0 Å². The van der Waals surface area contributed by atoms with E-state index in [1.165, 1.54) is 5.56 Å². The van der Waals surface area contributed by atoms with Crippen LogP contribution in [0.25, 0.3) is 0 Å². The van der Waals surface area contributed by atoms with Crippen LogP contribution in [0.5, 0.6) is 0 Å². The number of hydrogen-bond donors (Lipinski definition) is 2. The van der Waals surface area contributed by atoms with Gasteiger partial charge in [0.25, 0.3) is 0 Å². The fourth-order valence-electron chi connectivity index (χ4n) is 1.53. The summed E-state index contributed by atoms with van der Waals surface area (Å²) in [5.74, 6) is 0. The van der Waals surface area contributed by atoms with Gasteiger partial charge in [-0.1, -0.05) is 30.3 Å². The summed E-state index contributed by atoms with van der Waals surface area (Å²) in [4.78, 5) is 4.38. The molecule has 0 spiro atoms. The largest absolute Gasteiger partial charge is 0.353 e. The van der Waals surface area contributed by atoms with Crippen molar-refractivity contribution < 1.29 is 0 Å². The van der Waals surface area contributed by atoms with Gasteiger partial charge in [0.15, 0.2) is 5.13 Å². The van der Waals surface area contributed by atoms with Crippen LogP contribution in [0, 0.1) is 6.92 Å². The average Bonchev–Trinajstić information content (AvgIpc) is 2.73. The molecule has 0 aliphatic heterocycles. The second kappa shape index (κ2) is 5.09. The molecule has 2 rings (SSSR count). The van der Waals surface area contributed by atoms with E-state index in [-0.39, 0.29) is 6.04 Å². The van der Waals surface area contributed by atoms with Crippen molar-refractivity contribution in [2.75, 3.05) is 11.9 Å². The SMILES string of the molecule is Cc1csc(NC(CN)c2ccccc2)n1. The Kier molecular flexibility index (Phi) is 3.54. The molecule has 1 aromatic carbocycles.